The van der Waals surface area contributed by atoms with E-state index in [1.807, 2.05) is 17.5 Å². The van der Waals surface area contributed by atoms with Crippen molar-refractivity contribution in [3.8, 4) is 0 Å². The summed E-state index contributed by atoms with van der Waals surface area (Å²) in [5.74, 6) is 1.09. The minimum Gasteiger partial charge on any atom is -0.352 e. The average molecular weight is 273 g/mol. The summed E-state index contributed by atoms with van der Waals surface area (Å²) in [6.07, 6.45) is 3.13. The summed E-state index contributed by atoms with van der Waals surface area (Å²) in [5, 5.41) is 5.52. The molecule has 0 unspecified atom stereocenters. The van der Waals surface area contributed by atoms with E-state index in [2.05, 4.69) is 45.7 Å². The summed E-state index contributed by atoms with van der Waals surface area (Å²) in [5.41, 5.74) is 2.72. The number of thiophene rings is 1. The molecule has 2 aromatic heterocycles. The smallest absolute Gasteiger partial charge is 0.128 e. The van der Waals surface area contributed by atoms with E-state index >= 15 is 0 Å². The van der Waals surface area contributed by atoms with Crippen molar-refractivity contribution in [1.82, 2.24) is 10.3 Å². The maximum Gasteiger partial charge on any atom is 0.128 e. The number of nitrogens with zero attached hydrogens (tertiary/aromatic N) is 2. The third-order valence-electron chi connectivity index (χ3n) is 3.52. The molecule has 0 spiro atoms. The third kappa shape index (κ3) is 2.80. The second-order valence-corrected chi connectivity index (χ2v) is 5.85. The van der Waals surface area contributed by atoms with Gasteiger partial charge >= 0.3 is 0 Å². The predicted molar refractivity (Wildman–Crippen MR) is 80.7 cm³/mol. The maximum absolute atomic E-state index is 4.60. The van der Waals surface area contributed by atoms with E-state index in [0.29, 0.717) is 0 Å². The molecule has 1 N–H and O–H groups in total. The summed E-state index contributed by atoms with van der Waals surface area (Å²) in [7, 11) is 0. The van der Waals surface area contributed by atoms with Gasteiger partial charge in [-0.15, -0.1) is 11.3 Å². The summed E-state index contributed by atoms with van der Waals surface area (Å²) in [4.78, 5) is 8.51. The summed E-state index contributed by atoms with van der Waals surface area (Å²) < 4.78 is 0. The van der Waals surface area contributed by atoms with Gasteiger partial charge in [0, 0.05) is 30.7 Å². The molecule has 1 aliphatic heterocycles. The van der Waals surface area contributed by atoms with Crippen molar-refractivity contribution >= 4 is 17.2 Å². The highest BCUT2D eigenvalue weighted by Crippen LogP contribution is 2.26. The van der Waals surface area contributed by atoms with Gasteiger partial charge in [0.1, 0.15) is 5.82 Å². The van der Waals surface area contributed by atoms with E-state index < -0.39 is 0 Å². The first-order valence-electron chi connectivity index (χ1n) is 6.82. The Hall–Kier alpha value is -1.39. The number of anilines is 1. The van der Waals surface area contributed by atoms with Crippen LogP contribution in [0.3, 0.4) is 0 Å². The highest BCUT2D eigenvalue weighted by Gasteiger charge is 2.17. The van der Waals surface area contributed by atoms with Crippen LogP contribution in [0.25, 0.3) is 0 Å². The molecule has 1 aliphatic rings. The first-order chi connectivity index (χ1) is 9.36. The lowest BCUT2D eigenvalue weighted by atomic mass is 10.1. The van der Waals surface area contributed by atoms with Crippen LogP contribution in [0.4, 0.5) is 5.82 Å². The Labute approximate surface area is 118 Å². The van der Waals surface area contributed by atoms with Gasteiger partial charge in [0.15, 0.2) is 0 Å². The quantitative estimate of drug-likeness (QED) is 0.928. The van der Waals surface area contributed by atoms with Crippen LogP contribution in [-0.2, 0) is 19.5 Å². The van der Waals surface area contributed by atoms with Gasteiger partial charge in [-0.25, -0.2) is 4.98 Å². The van der Waals surface area contributed by atoms with Crippen LogP contribution in [-0.4, -0.2) is 18.1 Å². The molecule has 19 heavy (non-hydrogen) atoms. The molecule has 3 rings (SSSR count). The van der Waals surface area contributed by atoms with Crippen LogP contribution in [0.5, 0.6) is 0 Å². The van der Waals surface area contributed by atoms with Crippen molar-refractivity contribution in [2.24, 2.45) is 0 Å². The third-order valence-corrected chi connectivity index (χ3v) is 4.54. The van der Waals surface area contributed by atoms with Crippen molar-refractivity contribution in [2.45, 2.75) is 26.4 Å². The predicted octanol–water partition coefficient (Wildman–Crippen LogP) is 2.82. The molecule has 0 aromatic carbocycles. The minimum atomic E-state index is 0.901. The first-order valence-corrected chi connectivity index (χ1v) is 7.70. The minimum absolute atomic E-state index is 0.901. The molecule has 0 fully saturated rings. The fourth-order valence-electron chi connectivity index (χ4n) is 2.42. The lowest BCUT2D eigenvalue weighted by Crippen LogP contribution is -2.30. The molecular weight excluding hydrogens is 254 g/mol. The molecule has 0 atom stereocenters. The van der Waals surface area contributed by atoms with Crippen molar-refractivity contribution < 1.29 is 0 Å². The Bertz CT molecular complexity index is 533. The number of hydrogen-bond donors (Lipinski definition) is 1. The fraction of sp³-hybridized carbons (Fsp3) is 0.400. The van der Waals surface area contributed by atoms with Crippen LogP contribution in [0.1, 0.15) is 22.9 Å². The van der Waals surface area contributed by atoms with Gasteiger partial charge in [0.2, 0.25) is 0 Å². The number of nitrogens with one attached hydrogen (secondary N) is 1. The van der Waals surface area contributed by atoms with Crippen LogP contribution < -0.4 is 10.2 Å². The number of fused-ring (bicyclic) bond motifs is 1. The Morgan fingerprint density at radius 3 is 3.11 bits per heavy atom. The van der Waals surface area contributed by atoms with E-state index in [0.717, 1.165) is 38.4 Å². The molecule has 0 saturated heterocycles. The first kappa shape index (κ1) is 12.6. The highest BCUT2D eigenvalue weighted by atomic mass is 32.1. The zero-order chi connectivity index (χ0) is 13.1. The Balaban J connectivity index is 1.70. The molecule has 100 valence electrons. The second-order valence-electron chi connectivity index (χ2n) is 4.85. The van der Waals surface area contributed by atoms with E-state index in [4.69, 9.17) is 0 Å². The van der Waals surface area contributed by atoms with Gasteiger partial charge in [-0.05, 0) is 41.6 Å². The van der Waals surface area contributed by atoms with Crippen LogP contribution in [0.15, 0.2) is 29.8 Å². The van der Waals surface area contributed by atoms with Gasteiger partial charge < -0.3 is 10.2 Å². The molecule has 3 nitrogen and oxygen atoms in total. The molecule has 0 saturated carbocycles. The fourth-order valence-corrected chi connectivity index (χ4v) is 3.31. The van der Waals surface area contributed by atoms with Crippen LogP contribution >= 0.6 is 11.3 Å². The Morgan fingerprint density at radius 1 is 1.37 bits per heavy atom. The molecule has 3 heterocycles. The summed E-state index contributed by atoms with van der Waals surface area (Å²) in [6.45, 7) is 6.09. The maximum atomic E-state index is 4.60. The zero-order valence-electron chi connectivity index (χ0n) is 11.2. The van der Waals surface area contributed by atoms with E-state index in [1.165, 1.54) is 11.1 Å². The lowest BCUT2D eigenvalue weighted by Gasteiger charge is -2.28. The highest BCUT2D eigenvalue weighted by molar-refractivity contribution is 7.10. The monoisotopic (exact) mass is 273 g/mol. The van der Waals surface area contributed by atoms with Crippen LogP contribution in [0, 0.1) is 0 Å². The van der Waals surface area contributed by atoms with Gasteiger partial charge in [0.05, 0.1) is 0 Å². The molecule has 4 heteroatoms. The van der Waals surface area contributed by atoms with Crippen molar-refractivity contribution in [1.29, 1.82) is 0 Å². The standard InChI is InChI=1S/C15H19N3S/c1-2-16-9-12-3-4-15(17-10-12)18-7-5-14-13(11-18)6-8-19-14/h3-4,6,8,10,16H,2,5,7,9,11H2,1H3. The number of rotatable bonds is 4. The van der Waals surface area contributed by atoms with Crippen LogP contribution in [0.2, 0.25) is 0 Å². The number of aromatic nitrogens is 1. The summed E-state index contributed by atoms with van der Waals surface area (Å²) >= 11 is 1.88. The summed E-state index contributed by atoms with van der Waals surface area (Å²) in [6, 6.07) is 6.56. The lowest BCUT2D eigenvalue weighted by molar-refractivity contribution is 0.716. The molecule has 0 bridgehead atoms. The number of hydrogen-bond acceptors (Lipinski definition) is 4. The van der Waals surface area contributed by atoms with Crippen molar-refractivity contribution in [3.63, 3.8) is 0 Å². The van der Waals surface area contributed by atoms with Gasteiger partial charge in [-0.2, -0.15) is 0 Å². The molecule has 0 aliphatic carbocycles. The topological polar surface area (TPSA) is 28.2 Å². The molecule has 0 amide bonds. The largest absolute Gasteiger partial charge is 0.352 e. The Kier molecular flexibility index (Phi) is 3.80. The van der Waals surface area contributed by atoms with E-state index in [1.54, 1.807) is 4.88 Å². The number of pyridine rings is 1. The molecular formula is C15H19N3S. The van der Waals surface area contributed by atoms with Crippen molar-refractivity contribution in [2.75, 3.05) is 18.0 Å². The van der Waals surface area contributed by atoms with E-state index in [9.17, 15) is 0 Å². The average Bonchev–Trinajstić information content (AvgIpc) is 2.93. The SMILES string of the molecule is CCNCc1ccc(N2CCc3sccc3C2)nc1. The van der Waals surface area contributed by atoms with Gasteiger partial charge in [-0.1, -0.05) is 13.0 Å². The van der Waals surface area contributed by atoms with Crippen molar-refractivity contribution in [3.05, 3.63) is 45.8 Å². The molecule has 0 radical (unpaired) electrons. The normalized spacial score (nSPS) is 14.5. The van der Waals surface area contributed by atoms with E-state index in [-0.39, 0.29) is 0 Å². The second kappa shape index (κ2) is 5.72. The zero-order valence-corrected chi connectivity index (χ0v) is 12.0. The molecule has 2 aromatic rings. The Morgan fingerprint density at radius 2 is 2.32 bits per heavy atom. The van der Waals surface area contributed by atoms with Gasteiger partial charge in [-0.3, -0.25) is 0 Å². The van der Waals surface area contributed by atoms with Gasteiger partial charge in [0.25, 0.3) is 0 Å².